The Morgan fingerprint density at radius 1 is 1.19 bits per heavy atom. The van der Waals surface area contributed by atoms with E-state index in [1.54, 1.807) is 6.20 Å². The Morgan fingerprint density at radius 2 is 1.94 bits per heavy atom. The highest BCUT2D eigenvalue weighted by Gasteiger charge is 2.31. The second-order valence-electron chi connectivity index (χ2n) is 8.48. The molecule has 1 aromatic rings. The van der Waals surface area contributed by atoms with Crippen molar-refractivity contribution in [2.75, 3.05) is 39.3 Å². The summed E-state index contributed by atoms with van der Waals surface area (Å²) >= 11 is 0. The minimum Gasteiger partial charge on any atom is -0.474 e. The summed E-state index contributed by atoms with van der Waals surface area (Å²) in [6.45, 7) is 7.03. The van der Waals surface area contributed by atoms with Gasteiger partial charge in [0.05, 0.1) is 6.54 Å². The second-order valence-corrected chi connectivity index (χ2v) is 8.48. The third-order valence-corrected chi connectivity index (χ3v) is 6.26. The third kappa shape index (κ3) is 6.46. The van der Waals surface area contributed by atoms with Crippen LogP contribution in [0.15, 0.2) is 23.3 Å². The van der Waals surface area contributed by atoms with Crippen molar-refractivity contribution in [3.63, 3.8) is 0 Å². The molecule has 0 radical (unpaired) electrons. The van der Waals surface area contributed by atoms with Crippen LogP contribution < -0.4 is 10.1 Å². The monoisotopic (exact) mass is 557 g/mol. The number of aromatic nitrogens is 1. The number of aliphatic imine (C=N–C) groups is 1. The molecule has 32 heavy (non-hydrogen) atoms. The fourth-order valence-corrected chi connectivity index (χ4v) is 4.52. The Hall–Kier alpha value is -1.62. The van der Waals surface area contributed by atoms with Crippen molar-refractivity contribution in [2.45, 2.75) is 64.2 Å². The standard InChI is InChI=1S/C23H35N5O3.HI/c1-2-24-23(28-14-12-27(13-15-28)22(29)20-10-6-16-30-20)26-17-18-7-5-11-25-21(18)31-19-8-3-4-9-19;/h5,7,11,19-20H,2-4,6,8-10,12-17H2,1H3,(H,24,26);1H. The summed E-state index contributed by atoms with van der Waals surface area (Å²) in [4.78, 5) is 26.1. The first kappa shape index (κ1) is 25.0. The van der Waals surface area contributed by atoms with Gasteiger partial charge in [0, 0.05) is 51.1 Å². The molecule has 0 spiro atoms. The highest BCUT2D eigenvalue weighted by molar-refractivity contribution is 14.0. The number of piperazine rings is 1. The molecule has 0 bridgehead atoms. The number of amides is 1. The Balaban J connectivity index is 0.00000289. The molecule has 2 aliphatic heterocycles. The van der Waals surface area contributed by atoms with Crippen molar-refractivity contribution >= 4 is 35.8 Å². The predicted octanol–water partition coefficient (Wildman–Crippen LogP) is 2.81. The van der Waals surface area contributed by atoms with Gasteiger partial charge in [-0.3, -0.25) is 4.79 Å². The molecule has 1 N–H and O–H groups in total. The SMILES string of the molecule is CCNC(=NCc1cccnc1OC1CCCC1)N1CCN(C(=O)C2CCCO2)CC1.I. The number of rotatable bonds is 6. The van der Waals surface area contributed by atoms with Gasteiger partial charge in [0.25, 0.3) is 5.91 Å². The average molecular weight is 557 g/mol. The van der Waals surface area contributed by atoms with Gasteiger partial charge in [-0.05, 0) is 51.5 Å². The summed E-state index contributed by atoms with van der Waals surface area (Å²) in [5.41, 5.74) is 1.01. The fraction of sp³-hybridized carbons (Fsp3) is 0.696. The Labute approximate surface area is 208 Å². The van der Waals surface area contributed by atoms with Gasteiger partial charge in [-0.1, -0.05) is 6.07 Å². The molecule has 3 aliphatic rings. The molecule has 1 saturated carbocycles. The first-order chi connectivity index (χ1) is 15.2. The first-order valence-corrected chi connectivity index (χ1v) is 11.8. The Kier molecular flexibility index (Phi) is 9.83. The largest absolute Gasteiger partial charge is 0.474 e. The van der Waals surface area contributed by atoms with Crippen LogP contribution in [-0.4, -0.2) is 78.2 Å². The van der Waals surface area contributed by atoms with Gasteiger partial charge < -0.3 is 24.6 Å². The lowest BCUT2D eigenvalue weighted by molar-refractivity contribution is -0.142. The van der Waals surface area contributed by atoms with Crippen LogP contribution in [0.25, 0.3) is 0 Å². The topological polar surface area (TPSA) is 79.3 Å². The zero-order valence-corrected chi connectivity index (χ0v) is 21.3. The number of halogens is 1. The third-order valence-electron chi connectivity index (χ3n) is 6.26. The van der Waals surface area contributed by atoms with Crippen LogP contribution in [0.3, 0.4) is 0 Å². The van der Waals surface area contributed by atoms with Gasteiger partial charge in [0.1, 0.15) is 12.2 Å². The molecular formula is C23H36IN5O3. The minimum absolute atomic E-state index is 0. The molecule has 1 aromatic heterocycles. The summed E-state index contributed by atoms with van der Waals surface area (Å²) in [6, 6.07) is 3.98. The van der Waals surface area contributed by atoms with Gasteiger partial charge >= 0.3 is 0 Å². The maximum atomic E-state index is 12.6. The summed E-state index contributed by atoms with van der Waals surface area (Å²) < 4.78 is 11.7. The summed E-state index contributed by atoms with van der Waals surface area (Å²) in [6.07, 6.45) is 8.33. The van der Waals surface area contributed by atoms with Crippen LogP contribution >= 0.6 is 24.0 Å². The number of pyridine rings is 1. The minimum atomic E-state index is -0.239. The summed E-state index contributed by atoms with van der Waals surface area (Å²) in [7, 11) is 0. The molecule has 178 valence electrons. The van der Waals surface area contributed by atoms with Crippen LogP contribution in [0.4, 0.5) is 0 Å². The quantitative estimate of drug-likeness (QED) is 0.330. The van der Waals surface area contributed by atoms with Crippen molar-refractivity contribution in [3.05, 3.63) is 23.9 Å². The summed E-state index contributed by atoms with van der Waals surface area (Å²) in [5, 5.41) is 3.40. The van der Waals surface area contributed by atoms with Crippen LogP contribution in [0.2, 0.25) is 0 Å². The lowest BCUT2D eigenvalue weighted by Crippen LogP contribution is -2.55. The number of guanidine groups is 1. The van der Waals surface area contributed by atoms with E-state index in [4.69, 9.17) is 14.5 Å². The van der Waals surface area contributed by atoms with Crippen molar-refractivity contribution < 1.29 is 14.3 Å². The Morgan fingerprint density at radius 3 is 2.62 bits per heavy atom. The van der Waals surface area contributed by atoms with E-state index in [2.05, 4.69) is 22.1 Å². The fourth-order valence-electron chi connectivity index (χ4n) is 4.52. The molecule has 1 aliphatic carbocycles. The van der Waals surface area contributed by atoms with E-state index in [0.717, 1.165) is 56.8 Å². The smallest absolute Gasteiger partial charge is 0.251 e. The molecule has 3 heterocycles. The molecule has 2 saturated heterocycles. The van der Waals surface area contributed by atoms with Gasteiger partial charge in [-0.2, -0.15) is 0 Å². The predicted molar refractivity (Wildman–Crippen MR) is 134 cm³/mol. The average Bonchev–Trinajstić information content (AvgIpc) is 3.52. The molecule has 1 amide bonds. The van der Waals surface area contributed by atoms with Crippen LogP contribution in [-0.2, 0) is 16.1 Å². The molecular weight excluding hydrogens is 521 g/mol. The molecule has 0 aromatic carbocycles. The van der Waals surface area contributed by atoms with Crippen LogP contribution in [0.5, 0.6) is 5.88 Å². The molecule has 1 atom stereocenters. The van der Waals surface area contributed by atoms with Gasteiger partial charge in [0.15, 0.2) is 5.96 Å². The zero-order chi connectivity index (χ0) is 21.5. The van der Waals surface area contributed by atoms with Gasteiger partial charge in [0.2, 0.25) is 5.88 Å². The van der Waals surface area contributed by atoms with E-state index in [0.29, 0.717) is 32.1 Å². The number of carbonyl (C=O) groups is 1. The lowest BCUT2D eigenvalue weighted by atomic mass is 10.2. The van der Waals surface area contributed by atoms with E-state index >= 15 is 0 Å². The maximum absolute atomic E-state index is 12.6. The summed E-state index contributed by atoms with van der Waals surface area (Å²) in [5.74, 6) is 1.73. The van der Waals surface area contributed by atoms with Gasteiger partial charge in [-0.15, -0.1) is 24.0 Å². The zero-order valence-electron chi connectivity index (χ0n) is 19.0. The van der Waals surface area contributed by atoms with Crippen LogP contribution in [0, 0.1) is 0 Å². The van der Waals surface area contributed by atoms with E-state index < -0.39 is 0 Å². The van der Waals surface area contributed by atoms with E-state index in [9.17, 15) is 4.79 Å². The molecule has 1 unspecified atom stereocenters. The lowest BCUT2D eigenvalue weighted by Gasteiger charge is -2.37. The van der Waals surface area contributed by atoms with E-state index in [-0.39, 0.29) is 42.1 Å². The number of nitrogens with one attached hydrogen (secondary N) is 1. The van der Waals surface area contributed by atoms with Crippen molar-refractivity contribution in [1.82, 2.24) is 20.1 Å². The molecule has 9 heteroatoms. The maximum Gasteiger partial charge on any atom is 0.251 e. The van der Waals surface area contributed by atoms with E-state index in [1.165, 1.54) is 12.8 Å². The number of nitrogens with zero attached hydrogens (tertiary/aromatic N) is 4. The number of ether oxygens (including phenoxy) is 2. The molecule has 8 nitrogen and oxygen atoms in total. The van der Waals surface area contributed by atoms with Crippen molar-refractivity contribution in [2.24, 2.45) is 4.99 Å². The Bertz CT molecular complexity index is 758. The number of hydrogen-bond donors (Lipinski definition) is 1. The second kappa shape index (κ2) is 12.6. The van der Waals surface area contributed by atoms with Crippen LogP contribution in [0.1, 0.15) is 51.0 Å². The van der Waals surface area contributed by atoms with E-state index in [1.807, 2.05) is 17.0 Å². The highest BCUT2D eigenvalue weighted by atomic mass is 127. The van der Waals surface area contributed by atoms with Gasteiger partial charge in [-0.25, -0.2) is 9.98 Å². The molecule has 4 rings (SSSR count). The normalized spacial score (nSPS) is 22.0. The molecule has 3 fully saturated rings. The van der Waals surface area contributed by atoms with Crippen molar-refractivity contribution in [3.8, 4) is 5.88 Å². The first-order valence-electron chi connectivity index (χ1n) is 11.8. The highest BCUT2D eigenvalue weighted by Crippen LogP contribution is 2.25. The number of hydrogen-bond acceptors (Lipinski definition) is 5. The van der Waals surface area contributed by atoms with Crippen molar-refractivity contribution in [1.29, 1.82) is 0 Å². The number of carbonyl (C=O) groups excluding carboxylic acids is 1.